The fourth-order valence-corrected chi connectivity index (χ4v) is 0.851. The predicted octanol–water partition coefficient (Wildman–Crippen LogP) is 1.02. The van der Waals surface area contributed by atoms with Crippen LogP contribution in [0.4, 0.5) is 5.82 Å². The molecule has 0 aromatic carbocycles. The second-order valence-corrected chi connectivity index (χ2v) is 2.35. The van der Waals surface area contributed by atoms with Crippen molar-refractivity contribution >= 4 is 15.2 Å². The summed E-state index contributed by atoms with van der Waals surface area (Å²) in [5.41, 5.74) is 6.67. The van der Waals surface area contributed by atoms with E-state index in [1.807, 2.05) is 23.5 Å². The SMILES string of the molecule is Cc1ccn(P)c1N. The Hall–Kier alpha value is -0.490. The lowest BCUT2D eigenvalue weighted by Crippen LogP contribution is -1.89. The zero-order valence-electron chi connectivity index (χ0n) is 4.76. The summed E-state index contributed by atoms with van der Waals surface area (Å²) in [5.74, 6) is 0.815. The average molecular weight is 128 g/mol. The van der Waals surface area contributed by atoms with Crippen LogP contribution in [-0.2, 0) is 0 Å². The van der Waals surface area contributed by atoms with E-state index in [4.69, 9.17) is 5.73 Å². The van der Waals surface area contributed by atoms with Gasteiger partial charge in [-0.15, -0.1) is 0 Å². The summed E-state index contributed by atoms with van der Waals surface area (Å²) >= 11 is 0. The number of nitrogen functional groups attached to an aromatic ring is 1. The molecule has 44 valence electrons. The summed E-state index contributed by atoms with van der Waals surface area (Å²) in [5, 5.41) is 0. The minimum Gasteiger partial charge on any atom is -0.385 e. The van der Waals surface area contributed by atoms with Crippen LogP contribution in [0.15, 0.2) is 12.3 Å². The van der Waals surface area contributed by atoms with E-state index >= 15 is 0 Å². The zero-order valence-corrected chi connectivity index (χ0v) is 5.91. The van der Waals surface area contributed by atoms with E-state index in [9.17, 15) is 0 Å². The van der Waals surface area contributed by atoms with E-state index in [2.05, 4.69) is 9.39 Å². The van der Waals surface area contributed by atoms with Gasteiger partial charge in [-0.3, -0.25) is 0 Å². The smallest absolute Gasteiger partial charge is 0.109 e. The number of hydrogen-bond acceptors (Lipinski definition) is 1. The van der Waals surface area contributed by atoms with Crippen LogP contribution in [0.25, 0.3) is 0 Å². The molecule has 1 unspecified atom stereocenters. The van der Waals surface area contributed by atoms with Gasteiger partial charge < -0.3 is 10.1 Å². The number of anilines is 1. The Morgan fingerprint density at radius 1 is 1.75 bits per heavy atom. The van der Waals surface area contributed by atoms with Crippen molar-refractivity contribution in [2.75, 3.05) is 5.73 Å². The quantitative estimate of drug-likeness (QED) is 0.519. The molecule has 8 heavy (non-hydrogen) atoms. The van der Waals surface area contributed by atoms with Gasteiger partial charge in [0.25, 0.3) is 0 Å². The third-order valence-corrected chi connectivity index (χ3v) is 1.62. The molecule has 2 N–H and O–H groups in total. The van der Waals surface area contributed by atoms with Crippen molar-refractivity contribution in [2.24, 2.45) is 0 Å². The molecule has 0 fully saturated rings. The maximum atomic E-state index is 5.54. The first-order chi connectivity index (χ1) is 3.72. The fourth-order valence-electron chi connectivity index (χ4n) is 0.561. The molecule has 1 rings (SSSR count). The van der Waals surface area contributed by atoms with Crippen LogP contribution in [0.2, 0.25) is 0 Å². The van der Waals surface area contributed by atoms with Gasteiger partial charge in [0.15, 0.2) is 0 Å². The Bertz CT molecular complexity index is 173. The molecule has 1 aromatic heterocycles. The van der Waals surface area contributed by atoms with Crippen LogP contribution in [-0.4, -0.2) is 4.34 Å². The van der Waals surface area contributed by atoms with Crippen LogP contribution in [0.3, 0.4) is 0 Å². The molecular weight excluding hydrogens is 119 g/mol. The summed E-state index contributed by atoms with van der Waals surface area (Å²) in [6, 6.07) is 1.97. The van der Waals surface area contributed by atoms with E-state index in [-0.39, 0.29) is 0 Å². The molecule has 0 aliphatic heterocycles. The Morgan fingerprint density at radius 2 is 2.38 bits per heavy atom. The van der Waals surface area contributed by atoms with E-state index in [0.717, 1.165) is 11.4 Å². The molecule has 1 aromatic rings. The van der Waals surface area contributed by atoms with Gasteiger partial charge in [0, 0.05) is 6.20 Å². The maximum Gasteiger partial charge on any atom is 0.109 e. The molecule has 2 nitrogen and oxygen atoms in total. The summed E-state index contributed by atoms with van der Waals surface area (Å²) in [6.07, 6.45) is 1.91. The zero-order chi connectivity index (χ0) is 6.15. The Balaban J connectivity index is 3.19. The van der Waals surface area contributed by atoms with Crippen LogP contribution in [0.5, 0.6) is 0 Å². The number of aryl methyl sites for hydroxylation is 1. The molecule has 0 aliphatic rings. The Kier molecular flexibility index (Phi) is 1.26. The maximum absolute atomic E-state index is 5.54. The lowest BCUT2D eigenvalue weighted by atomic mass is 10.4. The number of rotatable bonds is 0. The molecule has 0 radical (unpaired) electrons. The van der Waals surface area contributed by atoms with Crippen molar-refractivity contribution in [3.05, 3.63) is 17.8 Å². The minimum absolute atomic E-state index is 0.815. The molecule has 0 bridgehead atoms. The summed E-state index contributed by atoms with van der Waals surface area (Å²) in [7, 11) is 2.50. The topological polar surface area (TPSA) is 30.9 Å². The number of nitrogens with zero attached hydrogens (tertiary/aromatic N) is 1. The van der Waals surface area contributed by atoms with Crippen molar-refractivity contribution in [1.29, 1.82) is 0 Å². The lowest BCUT2D eigenvalue weighted by Gasteiger charge is -1.93. The monoisotopic (exact) mass is 128 g/mol. The van der Waals surface area contributed by atoms with Gasteiger partial charge in [0.05, 0.1) is 0 Å². The third kappa shape index (κ3) is 0.716. The number of nitrogens with two attached hydrogens (primary N) is 1. The molecule has 0 saturated heterocycles. The number of hydrogen-bond donors (Lipinski definition) is 1. The van der Waals surface area contributed by atoms with Crippen LogP contribution < -0.4 is 5.73 Å². The van der Waals surface area contributed by atoms with Crippen molar-refractivity contribution in [3.8, 4) is 0 Å². The second-order valence-electron chi connectivity index (χ2n) is 1.79. The van der Waals surface area contributed by atoms with Crippen LogP contribution in [0, 0.1) is 6.92 Å². The standard InChI is InChI=1S/C5H9N2P/c1-4-2-3-7(8)5(4)6/h2-3H,6,8H2,1H3. The Morgan fingerprint density at radius 3 is 2.50 bits per heavy atom. The minimum atomic E-state index is 0.815. The van der Waals surface area contributed by atoms with E-state index in [1.165, 1.54) is 0 Å². The highest BCUT2D eigenvalue weighted by molar-refractivity contribution is 7.14. The van der Waals surface area contributed by atoms with Crippen molar-refractivity contribution in [3.63, 3.8) is 0 Å². The van der Waals surface area contributed by atoms with E-state index in [1.54, 1.807) is 0 Å². The van der Waals surface area contributed by atoms with Gasteiger partial charge in [0.1, 0.15) is 5.82 Å². The second kappa shape index (κ2) is 1.79. The van der Waals surface area contributed by atoms with Gasteiger partial charge in [-0.1, -0.05) is 0 Å². The predicted molar refractivity (Wildman–Crippen MR) is 38.7 cm³/mol. The molecule has 0 amide bonds. The highest BCUT2D eigenvalue weighted by Gasteiger charge is 1.93. The molecule has 0 spiro atoms. The molecule has 0 aliphatic carbocycles. The first-order valence-corrected chi connectivity index (χ1v) is 2.92. The van der Waals surface area contributed by atoms with Crippen molar-refractivity contribution in [2.45, 2.75) is 6.92 Å². The normalized spacial score (nSPS) is 9.75. The molecule has 1 atom stereocenters. The van der Waals surface area contributed by atoms with Gasteiger partial charge >= 0.3 is 0 Å². The summed E-state index contributed by atoms with van der Waals surface area (Å²) in [4.78, 5) is 0. The van der Waals surface area contributed by atoms with Crippen LogP contribution in [0.1, 0.15) is 5.56 Å². The van der Waals surface area contributed by atoms with Gasteiger partial charge in [0.2, 0.25) is 0 Å². The van der Waals surface area contributed by atoms with Crippen molar-refractivity contribution in [1.82, 2.24) is 4.34 Å². The third-order valence-electron chi connectivity index (χ3n) is 1.17. The van der Waals surface area contributed by atoms with Crippen LogP contribution >= 0.6 is 9.39 Å². The average Bonchev–Trinajstić information content (AvgIpc) is 1.98. The van der Waals surface area contributed by atoms with Gasteiger partial charge in [-0.25, -0.2) is 0 Å². The summed E-state index contributed by atoms with van der Waals surface area (Å²) < 4.78 is 1.81. The number of aromatic nitrogens is 1. The van der Waals surface area contributed by atoms with Gasteiger partial charge in [-0.2, -0.15) is 0 Å². The largest absolute Gasteiger partial charge is 0.385 e. The molecule has 3 heteroatoms. The first-order valence-electron chi connectivity index (χ1n) is 2.40. The molecule has 1 heterocycles. The van der Waals surface area contributed by atoms with Gasteiger partial charge in [-0.05, 0) is 27.9 Å². The van der Waals surface area contributed by atoms with Crippen molar-refractivity contribution < 1.29 is 0 Å². The van der Waals surface area contributed by atoms with E-state index < -0.39 is 0 Å². The Labute approximate surface area is 50.9 Å². The highest BCUT2D eigenvalue weighted by Crippen LogP contribution is 2.13. The highest BCUT2D eigenvalue weighted by atomic mass is 31.0. The fraction of sp³-hybridized carbons (Fsp3) is 0.200. The molecule has 0 saturated carbocycles. The summed E-state index contributed by atoms with van der Waals surface area (Å²) in [6.45, 7) is 1.98. The van der Waals surface area contributed by atoms with E-state index in [0.29, 0.717) is 0 Å². The molecular formula is C5H9N2P. The lowest BCUT2D eigenvalue weighted by molar-refractivity contribution is 1.29. The first kappa shape index (κ1) is 5.64.